The van der Waals surface area contributed by atoms with Crippen molar-refractivity contribution in [3.8, 4) is 0 Å². The standard InChI is InChI=1S/C21H38N4O2/c1-6-22-20(23-11-9-13-25-12-8-7-10-16(25)2)24-15-21(5,26)19-14-17(3)27-18(19)4/h14,16,26H,6-13,15H2,1-5H3,(H2,22,23,24). The molecule has 2 heterocycles. The molecule has 6 nitrogen and oxygen atoms in total. The molecule has 2 atom stereocenters. The van der Waals surface area contributed by atoms with E-state index in [9.17, 15) is 5.11 Å². The van der Waals surface area contributed by atoms with E-state index < -0.39 is 5.60 Å². The molecule has 1 saturated heterocycles. The lowest BCUT2D eigenvalue weighted by Crippen LogP contribution is -2.42. The smallest absolute Gasteiger partial charge is 0.191 e. The molecule has 1 aliphatic heterocycles. The van der Waals surface area contributed by atoms with Gasteiger partial charge in [0.25, 0.3) is 0 Å². The third kappa shape index (κ3) is 6.54. The van der Waals surface area contributed by atoms with Crippen LogP contribution >= 0.6 is 0 Å². The Morgan fingerprint density at radius 2 is 2.15 bits per heavy atom. The first-order chi connectivity index (χ1) is 12.8. The number of piperidine rings is 1. The summed E-state index contributed by atoms with van der Waals surface area (Å²) in [6.07, 6.45) is 5.09. The van der Waals surface area contributed by atoms with E-state index in [1.54, 1.807) is 6.92 Å². The second-order valence-electron chi connectivity index (χ2n) is 7.96. The molecule has 2 rings (SSSR count). The molecule has 1 aliphatic rings. The van der Waals surface area contributed by atoms with Gasteiger partial charge in [-0.25, -0.2) is 4.99 Å². The Bertz CT molecular complexity index is 609. The Hall–Kier alpha value is -1.53. The number of nitrogens with one attached hydrogen (secondary N) is 2. The highest BCUT2D eigenvalue weighted by Crippen LogP contribution is 2.27. The van der Waals surface area contributed by atoms with Crippen LogP contribution in [0.2, 0.25) is 0 Å². The number of aryl methyl sites for hydroxylation is 2. The van der Waals surface area contributed by atoms with E-state index in [0.717, 1.165) is 49.1 Å². The van der Waals surface area contributed by atoms with Crippen LogP contribution in [0.5, 0.6) is 0 Å². The lowest BCUT2D eigenvalue weighted by Gasteiger charge is -2.33. The molecule has 0 radical (unpaired) electrons. The minimum Gasteiger partial charge on any atom is -0.466 e. The lowest BCUT2D eigenvalue weighted by atomic mass is 9.96. The van der Waals surface area contributed by atoms with Gasteiger partial charge in [0.15, 0.2) is 5.96 Å². The Kier molecular flexibility index (Phi) is 8.17. The third-order valence-electron chi connectivity index (χ3n) is 5.37. The predicted molar refractivity (Wildman–Crippen MR) is 111 cm³/mol. The summed E-state index contributed by atoms with van der Waals surface area (Å²) in [5.41, 5.74) is -0.244. The summed E-state index contributed by atoms with van der Waals surface area (Å²) in [6.45, 7) is 14.2. The van der Waals surface area contributed by atoms with Gasteiger partial charge >= 0.3 is 0 Å². The van der Waals surface area contributed by atoms with Crippen molar-refractivity contribution in [3.05, 3.63) is 23.2 Å². The molecule has 1 aromatic rings. The van der Waals surface area contributed by atoms with Crippen molar-refractivity contribution in [1.29, 1.82) is 0 Å². The molecule has 27 heavy (non-hydrogen) atoms. The van der Waals surface area contributed by atoms with Gasteiger partial charge in [-0.2, -0.15) is 0 Å². The maximum absolute atomic E-state index is 10.8. The monoisotopic (exact) mass is 378 g/mol. The van der Waals surface area contributed by atoms with Crippen molar-refractivity contribution in [3.63, 3.8) is 0 Å². The molecule has 3 N–H and O–H groups in total. The fourth-order valence-corrected chi connectivity index (χ4v) is 3.80. The summed E-state index contributed by atoms with van der Waals surface area (Å²) in [6, 6.07) is 2.60. The maximum atomic E-state index is 10.8. The zero-order chi connectivity index (χ0) is 19.9. The molecule has 1 fully saturated rings. The van der Waals surface area contributed by atoms with E-state index in [4.69, 9.17) is 4.42 Å². The first kappa shape index (κ1) is 21.8. The largest absolute Gasteiger partial charge is 0.466 e. The first-order valence-corrected chi connectivity index (χ1v) is 10.4. The summed E-state index contributed by atoms with van der Waals surface area (Å²) in [4.78, 5) is 7.19. The highest BCUT2D eigenvalue weighted by molar-refractivity contribution is 5.79. The van der Waals surface area contributed by atoms with Crippen molar-refractivity contribution in [2.75, 3.05) is 32.7 Å². The topological polar surface area (TPSA) is 73.0 Å². The highest BCUT2D eigenvalue weighted by atomic mass is 16.3. The summed E-state index contributed by atoms with van der Waals surface area (Å²) in [5.74, 6) is 2.31. The number of hydrogen-bond donors (Lipinski definition) is 3. The van der Waals surface area contributed by atoms with Gasteiger partial charge in [-0.05, 0) is 66.5 Å². The molecule has 154 valence electrons. The van der Waals surface area contributed by atoms with Crippen molar-refractivity contribution in [1.82, 2.24) is 15.5 Å². The predicted octanol–water partition coefficient (Wildman–Crippen LogP) is 2.92. The van der Waals surface area contributed by atoms with E-state index >= 15 is 0 Å². The molecular formula is C21H38N4O2. The van der Waals surface area contributed by atoms with E-state index in [1.807, 2.05) is 26.8 Å². The summed E-state index contributed by atoms with van der Waals surface area (Å²) >= 11 is 0. The average Bonchev–Trinajstić information content (AvgIpc) is 2.97. The van der Waals surface area contributed by atoms with Gasteiger partial charge in [0.05, 0.1) is 6.54 Å². The van der Waals surface area contributed by atoms with Crippen LogP contribution in [0.25, 0.3) is 0 Å². The second kappa shape index (κ2) is 10.1. The molecular weight excluding hydrogens is 340 g/mol. The van der Waals surface area contributed by atoms with E-state index in [0.29, 0.717) is 6.04 Å². The highest BCUT2D eigenvalue weighted by Gasteiger charge is 2.27. The van der Waals surface area contributed by atoms with E-state index in [-0.39, 0.29) is 6.54 Å². The summed E-state index contributed by atoms with van der Waals surface area (Å²) in [5, 5.41) is 17.5. The number of hydrogen-bond acceptors (Lipinski definition) is 4. The van der Waals surface area contributed by atoms with Gasteiger partial charge in [0.2, 0.25) is 0 Å². The minimum absolute atomic E-state index is 0.283. The number of aliphatic hydroxyl groups is 1. The molecule has 6 heteroatoms. The SMILES string of the molecule is CCNC(=NCC(C)(O)c1cc(C)oc1C)NCCCN1CCCCC1C. The molecule has 0 saturated carbocycles. The zero-order valence-corrected chi connectivity index (χ0v) is 17.8. The van der Waals surface area contributed by atoms with Crippen LogP contribution in [0.1, 0.15) is 63.5 Å². The lowest BCUT2D eigenvalue weighted by molar-refractivity contribution is 0.0657. The van der Waals surface area contributed by atoms with Crippen LogP contribution in [-0.2, 0) is 5.60 Å². The molecule has 0 aromatic carbocycles. The van der Waals surface area contributed by atoms with Crippen molar-refractivity contribution in [2.24, 2.45) is 4.99 Å². The molecule has 2 unspecified atom stereocenters. The summed E-state index contributed by atoms with van der Waals surface area (Å²) < 4.78 is 5.56. The van der Waals surface area contributed by atoms with Crippen molar-refractivity contribution >= 4 is 5.96 Å². The Morgan fingerprint density at radius 1 is 1.37 bits per heavy atom. The number of furan rings is 1. The quantitative estimate of drug-likeness (QED) is 0.368. The first-order valence-electron chi connectivity index (χ1n) is 10.4. The number of guanidine groups is 1. The Morgan fingerprint density at radius 3 is 2.78 bits per heavy atom. The zero-order valence-electron chi connectivity index (χ0n) is 17.8. The Labute approximate surface area is 164 Å². The van der Waals surface area contributed by atoms with Crippen LogP contribution in [-0.4, -0.2) is 54.7 Å². The van der Waals surface area contributed by atoms with Crippen molar-refractivity contribution in [2.45, 2.75) is 71.9 Å². The molecule has 0 amide bonds. The van der Waals surface area contributed by atoms with Gasteiger partial charge in [-0.1, -0.05) is 6.42 Å². The summed E-state index contributed by atoms with van der Waals surface area (Å²) in [7, 11) is 0. The van der Waals surface area contributed by atoms with Crippen LogP contribution < -0.4 is 10.6 Å². The van der Waals surface area contributed by atoms with Crippen LogP contribution in [0.15, 0.2) is 15.5 Å². The second-order valence-corrected chi connectivity index (χ2v) is 7.96. The van der Waals surface area contributed by atoms with Gasteiger partial charge < -0.3 is 25.1 Å². The molecule has 0 spiro atoms. The minimum atomic E-state index is -1.05. The fraction of sp³-hybridized carbons (Fsp3) is 0.762. The molecule has 1 aromatic heterocycles. The molecule has 0 aliphatic carbocycles. The van der Waals surface area contributed by atoms with E-state index in [2.05, 4.69) is 27.4 Å². The fourth-order valence-electron chi connectivity index (χ4n) is 3.80. The van der Waals surface area contributed by atoms with Gasteiger partial charge in [-0.3, -0.25) is 0 Å². The van der Waals surface area contributed by atoms with Crippen LogP contribution in [0, 0.1) is 13.8 Å². The van der Waals surface area contributed by atoms with Gasteiger partial charge in [-0.15, -0.1) is 0 Å². The number of nitrogens with zero attached hydrogens (tertiary/aromatic N) is 2. The van der Waals surface area contributed by atoms with Gasteiger partial charge in [0.1, 0.15) is 17.1 Å². The van der Waals surface area contributed by atoms with Crippen LogP contribution in [0.4, 0.5) is 0 Å². The average molecular weight is 379 g/mol. The number of likely N-dealkylation sites (tertiary alicyclic amines) is 1. The number of rotatable bonds is 8. The normalized spacial score (nSPS) is 21.1. The van der Waals surface area contributed by atoms with Crippen molar-refractivity contribution < 1.29 is 9.52 Å². The van der Waals surface area contributed by atoms with E-state index in [1.165, 1.54) is 25.8 Å². The number of aliphatic imine (C=N–C) groups is 1. The molecule has 0 bridgehead atoms. The van der Waals surface area contributed by atoms with Crippen LogP contribution in [0.3, 0.4) is 0 Å². The van der Waals surface area contributed by atoms with Gasteiger partial charge in [0, 0.05) is 31.2 Å². The third-order valence-corrected chi connectivity index (χ3v) is 5.37. The Balaban J connectivity index is 1.85. The maximum Gasteiger partial charge on any atom is 0.191 e.